The van der Waals surface area contributed by atoms with Gasteiger partial charge in [-0.05, 0) is 109 Å². The van der Waals surface area contributed by atoms with Crippen LogP contribution in [0.15, 0.2) is 218 Å². The van der Waals surface area contributed by atoms with Crippen molar-refractivity contribution >= 4 is 96.4 Å². The fourth-order valence-corrected chi connectivity index (χ4v) is 11.6. The topological polar surface area (TPSA) is 43.6 Å². The zero-order valence-electron chi connectivity index (χ0n) is 36.2. The second-order valence-electron chi connectivity index (χ2n) is 17.6. The molecule has 312 valence electrons. The highest BCUT2D eigenvalue weighted by atomic mass is 32.1. The summed E-state index contributed by atoms with van der Waals surface area (Å²) in [5.74, 6) is 1.91. The molecular formula is C62H38N4S. The molecule has 5 heteroatoms. The molecule has 0 aliphatic carbocycles. The van der Waals surface area contributed by atoms with E-state index in [0.717, 1.165) is 45.2 Å². The van der Waals surface area contributed by atoms with Crippen molar-refractivity contribution < 1.29 is 0 Å². The van der Waals surface area contributed by atoms with Gasteiger partial charge in [-0.3, -0.25) is 0 Å². The molecule has 0 spiro atoms. The lowest BCUT2D eigenvalue weighted by Gasteiger charge is -2.15. The van der Waals surface area contributed by atoms with Gasteiger partial charge in [0.2, 0.25) is 0 Å². The molecular weight excluding hydrogens is 833 g/mol. The van der Waals surface area contributed by atoms with Crippen LogP contribution in [0, 0.1) is 0 Å². The Morgan fingerprint density at radius 1 is 0.358 bits per heavy atom. The molecule has 0 aliphatic rings. The SMILES string of the molecule is c1ccc(Cc2cc3ccccc3c3cc(-c4nc(-c5ccccc5)nc(-c5cc(-n6c7ccccc7c7cc8ccccc8cc76)cc6sc7cc8ccccc8cc7c56)n4)ccc23)cc1. The smallest absolute Gasteiger partial charge is 0.164 e. The van der Waals surface area contributed by atoms with Crippen molar-refractivity contribution in [1.29, 1.82) is 0 Å². The normalized spacial score (nSPS) is 11.9. The van der Waals surface area contributed by atoms with Crippen molar-refractivity contribution in [3.8, 4) is 39.9 Å². The lowest BCUT2D eigenvalue weighted by Crippen LogP contribution is -2.02. The van der Waals surface area contributed by atoms with Crippen molar-refractivity contribution in [2.45, 2.75) is 6.42 Å². The lowest BCUT2D eigenvalue weighted by atomic mass is 9.92. The third-order valence-corrected chi connectivity index (χ3v) is 14.7. The average Bonchev–Trinajstić information content (AvgIpc) is 3.91. The molecule has 67 heavy (non-hydrogen) atoms. The Kier molecular flexibility index (Phi) is 8.48. The molecule has 0 atom stereocenters. The lowest BCUT2D eigenvalue weighted by molar-refractivity contribution is 1.07. The number of nitrogens with zero attached hydrogens (tertiary/aromatic N) is 4. The Morgan fingerprint density at radius 2 is 0.970 bits per heavy atom. The molecule has 3 aromatic heterocycles. The molecule has 0 bridgehead atoms. The van der Waals surface area contributed by atoms with Crippen molar-refractivity contribution in [1.82, 2.24) is 19.5 Å². The summed E-state index contributed by atoms with van der Waals surface area (Å²) in [6, 6.07) is 79.0. The van der Waals surface area contributed by atoms with Crippen LogP contribution >= 0.6 is 11.3 Å². The maximum absolute atomic E-state index is 5.54. The van der Waals surface area contributed by atoms with Gasteiger partial charge in [0.25, 0.3) is 0 Å². The van der Waals surface area contributed by atoms with E-state index in [2.05, 4.69) is 217 Å². The predicted octanol–water partition coefficient (Wildman–Crippen LogP) is 16.5. The number of hydrogen-bond acceptors (Lipinski definition) is 4. The zero-order valence-corrected chi connectivity index (χ0v) is 37.0. The van der Waals surface area contributed by atoms with E-state index in [1.165, 1.54) is 79.8 Å². The first-order valence-corrected chi connectivity index (χ1v) is 23.6. The first-order valence-electron chi connectivity index (χ1n) is 22.8. The van der Waals surface area contributed by atoms with Crippen LogP contribution in [-0.2, 0) is 6.42 Å². The molecule has 0 N–H and O–H groups in total. The Morgan fingerprint density at radius 3 is 1.75 bits per heavy atom. The summed E-state index contributed by atoms with van der Waals surface area (Å²) in [7, 11) is 0. The third-order valence-electron chi connectivity index (χ3n) is 13.6. The van der Waals surface area contributed by atoms with Crippen molar-refractivity contribution in [2.24, 2.45) is 0 Å². The standard InChI is InChI=1S/C62H38N4S/c1-3-15-38(16-4-1)29-46-30-44-23-11-12-24-48(44)51-33-45(27-28-49(46)51)61-63-60(39-17-5-2-6-18-39)64-62(65-61)54-36-47(37-58-59(54)53-32-41-20-8-10-22-43(41)35-57(53)67-58)66-55-26-14-13-25-50(55)52-31-40-19-7-9-21-42(40)34-56(52)66/h1-28,30-37H,29H2. The molecule has 14 aromatic rings. The van der Waals surface area contributed by atoms with Crippen LogP contribution in [-0.4, -0.2) is 19.5 Å². The minimum Gasteiger partial charge on any atom is -0.309 e. The molecule has 0 saturated carbocycles. The number of fused-ring (bicyclic) bond motifs is 11. The minimum absolute atomic E-state index is 0.634. The van der Waals surface area contributed by atoms with Gasteiger partial charge in [-0.2, -0.15) is 0 Å². The summed E-state index contributed by atoms with van der Waals surface area (Å²) in [4.78, 5) is 16.3. The number of aromatic nitrogens is 4. The highest BCUT2D eigenvalue weighted by Crippen LogP contribution is 2.45. The molecule has 0 aliphatic heterocycles. The molecule has 0 unspecified atom stereocenters. The maximum atomic E-state index is 5.54. The number of hydrogen-bond donors (Lipinski definition) is 0. The maximum Gasteiger partial charge on any atom is 0.164 e. The quantitative estimate of drug-likeness (QED) is 0.156. The Hall–Kier alpha value is -8.51. The van der Waals surface area contributed by atoms with Gasteiger partial charge in [-0.25, -0.2) is 15.0 Å². The highest BCUT2D eigenvalue weighted by molar-refractivity contribution is 7.26. The van der Waals surface area contributed by atoms with Gasteiger partial charge < -0.3 is 4.57 Å². The molecule has 0 radical (unpaired) electrons. The summed E-state index contributed by atoms with van der Waals surface area (Å²) < 4.78 is 4.84. The summed E-state index contributed by atoms with van der Waals surface area (Å²) in [6.45, 7) is 0. The van der Waals surface area contributed by atoms with Gasteiger partial charge in [0.05, 0.1) is 11.0 Å². The number of para-hydroxylation sites is 1. The van der Waals surface area contributed by atoms with Crippen molar-refractivity contribution in [2.75, 3.05) is 0 Å². The largest absolute Gasteiger partial charge is 0.309 e. The number of rotatable bonds is 6. The van der Waals surface area contributed by atoms with Crippen LogP contribution in [0.3, 0.4) is 0 Å². The Bertz CT molecular complexity index is 4300. The van der Waals surface area contributed by atoms with E-state index in [-0.39, 0.29) is 0 Å². The average molecular weight is 871 g/mol. The molecule has 11 aromatic carbocycles. The van der Waals surface area contributed by atoms with Crippen molar-refractivity contribution in [3.05, 3.63) is 230 Å². The fraction of sp³-hybridized carbons (Fsp3) is 0.0161. The summed E-state index contributed by atoms with van der Waals surface area (Å²) >= 11 is 1.83. The van der Waals surface area contributed by atoms with E-state index in [9.17, 15) is 0 Å². The van der Waals surface area contributed by atoms with Crippen LogP contribution in [0.2, 0.25) is 0 Å². The van der Waals surface area contributed by atoms with E-state index >= 15 is 0 Å². The van der Waals surface area contributed by atoms with Crippen LogP contribution in [0.25, 0.3) is 125 Å². The third kappa shape index (κ3) is 6.24. The van der Waals surface area contributed by atoms with E-state index < -0.39 is 0 Å². The molecule has 0 amide bonds. The number of thiophene rings is 1. The van der Waals surface area contributed by atoms with Gasteiger partial charge in [-0.15, -0.1) is 11.3 Å². The van der Waals surface area contributed by atoms with E-state index in [1.807, 2.05) is 17.4 Å². The van der Waals surface area contributed by atoms with Gasteiger partial charge in [0.15, 0.2) is 17.5 Å². The highest BCUT2D eigenvalue weighted by Gasteiger charge is 2.22. The van der Waals surface area contributed by atoms with Crippen molar-refractivity contribution in [3.63, 3.8) is 0 Å². The van der Waals surface area contributed by atoms with Crippen LogP contribution in [0.4, 0.5) is 0 Å². The zero-order chi connectivity index (χ0) is 44.0. The van der Waals surface area contributed by atoms with E-state index in [1.54, 1.807) is 0 Å². The first kappa shape index (κ1) is 37.8. The van der Waals surface area contributed by atoms with Gasteiger partial charge >= 0.3 is 0 Å². The molecule has 0 fully saturated rings. The fourth-order valence-electron chi connectivity index (χ4n) is 10.4. The van der Waals surface area contributed by atoms with E-state index in [4.69, 9.17) is 15.0 Å². The van der Waals surface area contributed by atoms with Gasteiger partial charge in [0.1, 0.15) is 0 Å². The Labute approximate surface area is 389 Å². The Balaban J connectivity index is 1.05. The second kappa shape index (κ2) is 15.0. The van der Waals surface area contributed by atoms with Gasteiger partial charge in [0, 0.05) is 53.3 Å². The summed E-state index contributed by atoms with van der Waals surface area (Å²) in [5.41, 5.74) is 8.81. The first-order chi connectivity index (χ1) is 33.2. The van der Waals surface area contributed by atoms with Crippen LogP contribution < -0.4 is 0 Å². The minimum atomic E-state index is 0.634. The van der Waals surface area contributed by atoms with Crippen LogP contribution in [0.1, 0.15) is 11.1 Å². The predicted molar refractivity (Wildman–Crippen MR) is 283 cm³/mol. The van der Waals surface area contributed by atoms with Gasteiger partial charge in [-0.1, -0.05) is 170 Å². The summed E-state index contributed by atoms with van der Waals surface area (Å²) in [6.07, 6.45) is 0.841. The molecule has 3 heterocycles. The van der Waals surface area contributed by atoms with E-state index in [0.29, 0.717) is 17.5 Å². The molecule has 14 rings (SSSR count). The molecule has 4 nitrogen and oxygen atoms in total. The summed E-state index contributed by atoms with van der Waals surface area (Å²) in [5, 5.41) is 14.5. The molecule has 0 saturated heterocycles. The second-order valence-corrected chi connectivity index (χ2v) is 18.7. The monoisotopic (exact) mass is 870 g/mol. The number of benzene rings is 11. The van der Waals surface area contributed by atoms with Crippen LogP contribution in [0.5, 0.6) is 0 Å².